The van der Waals surface area contributed by atoms with Crippen LogP contribution >= 0.6 is 0 Å². The molecule has 2 nitrogen and oxygen atoms in total. The van der Waals surface area contributed by atoms with Gasteiger partial charge in [-0.3, -0.25) is 0 Å². The Morgan fingerprint density at radius 2 is 1.92 bits per heavy atom. The zero-order valence-electron chi connectivity index (χ0n) is 8.23. The number of hydrogen-bond donors (Lipinski definition) is 1. The van der Waals surface area contributed by atoms with E-state index in [2.05, 4.69) is 6.92 Å². The minimum Gasteiger partial charge on any atom is -0.489 e. The van der Waals surface area contributed by atoms with E-state index in [-0.39, 0.29) is 12.1 Å². The maximum Gasteiger partial charge on any atom is 0.119 e. The molecule has 0 aliphatic rings. The molecule has 0 aliphatic carbocycles. The van der Waals surface area contributed by atoms with Crippen LogP contribution in [0.1, 0.15) is 20.3 Å². The van der Waals surface area contributed by atoms with Gasteiger partial charge in [-0.15, -0.1) is 0 Å². The molecule has 2 heteroatoms. The van der Waals surface area contributed by atoms with E-state index in [1.807, 2.05) is 37.3 Å². The number of ether oxygens (including phenoxy) is 1. The summed E-state index contributed by atoms with van der Waals surface area (Å²) in [4.78, 5) is 0. The highest BCUT2D eigenvalue weighted by atomic mass is 16.5. The van der Waals surface area contributed by atoms with Crippen molar-refractivity contribution in [3.05, 3.63) is 30.3 Å². The number of rotatable bonds is 4. The lowest BCUT2D eigenvalue weighted by molar-refractivity contribution is 0.187. The second kappa shape index (κ2) is 4.87. The number of para-hydroxylation sites is 1. The zero-order chi connectivity index (χ0) is 9.68. The van der Waals surface area contributed by atoms with Crippen LogP contribution in [0.25, 0.3) is 0 Å². The highest BCUT2D eigenvalue weighted by Gasteiger charge is 2.11. The smallest absolute Gasteiger partial charge is 0.119 e. The van der Waals surface area contributed by atoms with E-state index >= 15 is 0 Å². The van der Waals surface area contributed by atoms with Crippen LogP contribution in [0, 0.1) is 0 Å². The van der Waals surface area contributed by atoms with Crippen LogP contribution < -0.4 is 10.5 Å². The molecule has 0 saturated heterocycles. The van der Waals surface area contributed by atoms with Crippen molar-refractivity contribution >= 4 is 0 Å². The van der Waals surface area contributed by atoms with Gasteiger partial charge in [-0.05, 0) is 25.5 Å². The molecule has 1 aromatic carbocycles. The maximum atomic E-state index is 5.84. The average Bonchev–Trinajstić information content (AvgIpc) is 2.18. The van der Waals surface area contributed by atoms with Gasteiger partial charge in [0.15, 0.2) is 0 Å². The normalized spacial score (nSPS) is 15.0. The lowest BCUT2D eigenvalue weighted by Crippen LogP contribution is -2.35. The highest BCUT2D eigenvalue weighted by molar-refractivity contribution is 5.21. The first-order valence-corrected chi connectivity index (χ1v) is 4.71. The van der Waals surface area contributed by atoms with Gasteiger partial charge in [0, 0.05) is 6.04 Å². The van der Waals surface area contributed by atoms with Crippen molar-refractivity contribution in [3.8, 4) is 5.75 Å². The Balaban J connectivity index is 2.50. The van der Waals surface area contributed by atoms with Crippen LogP contribution in [0.3, 0.4) is 0 Å². The molecular weight excluding hydrogens is 162 g/mol. The fourth-order valence-electron chi connectivity index (χ4n) is 1.13. The van der Waals surface area contributed by atoms with Crippen molar-refractivity contribution in [1.29, 1.82) is 0 Å². The molecule has 2 N–H and O–H groups in total. The van der Waals surface area contributed by atoms with Crippen molar-refractivity contribution in [2.75, 3.05) is 0 Å². The molecule has 2 atom stereocenters. The van der Waals surface area contributed by atoms with Gasteiger partial charge >= 0.3 is 0 Å². The first-order chi connectivity index (χ1) is 6.24. The molecular formula is C11H17NO. The molecule has 0 radical (unpaired) electrons. The summed E-state index contributed by atoms with van der Waals surface area (Å²) >= 11 is 0. The van der Waals surface area contributed by atoms with Gasteiger partial charge < -0.3 is 10.5 Å². The summed E-state index contributed by atoms with van der Waals surface area (Å²) in [6.45, 7) is 4.07. The minimum atomic E-state index is 0.0763. The Morgan fingerprint density at radius 1 is 1.31 bits per heavy atom. The minimum absolute atomic E-state index is 0.0763. The van der Waals surface area contributed by atoms with Crippen LogP contribution in [-0.4, -0.2) is 12.1 Å². The molecule has 0 bridgehead atoms. The quantitative estimate of drug-likeness (QED) is 0.769. The van der Waals surface area contributed by atoms with Crippen molar-refractivity contribution in [3.63, 3.8) is 0 Å². The predicted octanol–water partition coefficient (Wildman–Crippen LogP) is 2.19. The summed E-state index contributed by atoms with van der Waals surface area (Å²) in [6.07, 6.45) is 1.01. The maximum absolute atomic E-state index is 5.84. The second-order valence-electron chi connectivity index (χ2n) is 3.21. The SMILES string of the molecule is CCC(N)C(C)Oc1ccccc1. The molecule has 0 amide bonds. The number of benzene rings is 1. The Hall–Kier alpha value is -1.02. The first-order valence-electron chi connectivity index (χ1n) is 4.71. The van der Waals surface area contributed by atoms with Gasteiger partial charge in [0.05, 0.1) is 0 Å². The summed E-state index contributed by atoms with van der Waals surface area (Å²) in [7, 11) is 0. The fourth-order valence-corrected chi connectivity index (χ4v) is 1.13. The van der Waals surface area contributed by atoms with Crippen LogP contribution in [0.2, 0.25) is 0 Å². The lowest BCUT2D eigenvalue weighted by Gasteiger charge is -2.19. The third kappa shape index (κ3) is 3.07. The third-order valence-electron chi connectivity index (χ3n) is 2.14. The van der Waals surface area contributed by atoms with Crippen LogP contribution in [-0.2, 0) is 0 Å². The van der Waals surface area contributed by atoms with Crippen molar-refractivity contribution in [1.82, 2.24) is 0 Å². The molecule has 0 aromatic heterocycles. The van der Waals surface area contributed by atoms with Gasteiger partial charge in [0.25, 0.3) is 0 Å². The van der Waals surface area contributed by atoms with Gasteiger partial charge in [-0.2, -0.15) is 0 Å². The zero-order valence-corrected chi connectivity index (χ0v) is 8.23. The van der Waals surface area contributed by atoms with E-state index < -0.39 is 0 Å². The highest BCUT2D eigenvalue weighted by Crippen LogP contribution is 2.12. The molecule has 72 valence electrons. The third-order valence-corrected chi connectivity index (χ3v) is 2.14. The lowest BCUT2D eigenvalue weighted by atomic mass is 10.1. The summed E-state index contributed by atoms with van der Waals surface area (Å²) in [5.74, 6) is 0.888. The Bertz CT molecular complexity index is 235. The van der Waals surface area contributed by atoms with Crippen LogP contribution in [0.15, 0.2) is 30.3 Å². The Morgan fingerprint density at radius 3 is 2.46 bits per heavy atom. The van der Waals surface area contributed by atoms with E-state index in [9.17, 15) is 0 Å². The van der Waals surface area contributed by atoms with Gasteiger partial charge in [0.2, 0.25) is 0 Å². The topological polar surface area (TPSA) is 35.2 Å². The largest absolute Gasteiger partial charge is 0.489 e. The molecule has 0 fully saturated rings. The molecule has 0 spiro atoms. The average molecular weight is 179 g/mol. The monoisotopic (exact) mass is 179 g/mol. The molecule has 0 heterocycles. The van der Waals surface area contributed by atoms with Crippen LogP contribution in [0.5, 0.6) is 5.75 Å². The van der Waals surface area contributed by atoms with Gasteiger partial charge in [-0.25, -0.2) is 0 Å². The fraction of sp³-hybridized carbons (Fsp3) is 0.455. The summed E-state index contributed by atoms with van der Waals surface area (Å²) in [5, 5.41) is 0. The van der Waals surface area contributed by atoms with E-state index in [1.54, 1.807) is 0 Å². The molecule has 1 aromatic rings. The molecule has 0 aliphatic heterocycles. The Labute approximate surface area is 79.7 Å². The molecule has 13 heavy (non-hydrogen) atoms. The van der Waals surface area contributed by atoms with Crippen molar-refractivity contribution in [2.24, 2.45) is 5.73 Å². The van der Waals surface area contributed by atoms with Crippen LogP contribution in [0.4, 0.5) is 0 Å². The molecule has 2 unspecified atom stereocenters. The van der Waals surface area contributed by atoms with Gasteiger partial charge in [-0.1, -0.05) is 25.1 Å². The summed E-state index contributed by atoms with van der Waals surface area (Å²) in [5.41, 5.74) is 5.84. The van der Waals surface area contributed by atoms with E-state index in [1.165, 1.54) is 0 Å². The standard InChI is InChI=1S/C11H17NO/c1-3-11(12)9(2)13-10-7-5-4-6-8-10/h4-9,11H,3,12H2,1-2H3. The van der Waals surface area contributed by atoms with E-state index in [0.29, 0.717) is 0 Å². The molecule has 0 saturated carbocycles. The summed E-state index contributed by atoms with van der Waals surface area (Å²) in [6, 6.07) is 9.88. The van der Waals surface area contributed by atoms with E-state index in [0.717, 1.165) is 12.2 Å². The Kier molecular flexibility index (Phi) is 3.77. The van der Waals surface area contributed by atoms with E-state index in [4.69, 9.17) is 10.5 Å². The number of nitrogens with two attached hydrogens (primary N) is 1. The predicted molar refractivity (Wildman–Crippen MR) is 54.8 cm³/mol. The molecule has 1 rings (SSSR count). The summed E-state index contributed by atoms with van der Waals surface area (Å²) < 4.78 is 5.64. The number of hydrogen-bond acceptors (Lipinski definition) is 2. The van der Waals surface area contributed by atoms with Gasteiger partial charge in [0.1, 0.15) is 11.9 Å². The second-order valence-corrected chi connectivity index (χ2v) is 3.21. The van der Waals surface area contributed by atoms with Crippen molar-refractivity contribution in [2.45, 2.75) is 32.4 Å². The van der Waals surface area contributed by atoms with Crippen molar-refractivity contribution < 1.29 is 4.74 Å². The first kappa shape index (κ1) is 10.1.